The van der Waals surface area contributed by atoms with Gasteiger partial charge in [-0.05, 0) is 29.8 Å². The molecule has 0 saturated carbocycles. The van der Waals surface area contributed by atoms with Gasteiger partial charge in [0.2, 0.25) is 10.0 Å². The van der Waals surface area contributed by atoms with E-state index >= 15 is 0 Å². The van der Waals surface area contributed by atoms with Crippen LogP contribution in [0.15, 0.2) is 47.4 Å². The van der Waals surface area contributed by atoms with Crippen LogP contribution >= 0.6 is 23.2 Å². The number of nitrogens with one attached hydrogen (secondary N) is 1. The molecule has 2 aromatic carbocycles. The predicted molar refractivity (Wildman–Crippen MR) is 81.9 cm³/mol. The molecule has 0 aliphatic heterocycles. The molecule has 0 saturated heterocycles. The Labute approximate surface area is 141 Å². The Morgan fingerprint density at radius 2 is 1.74 bits per heavy atom. The lowest BCUT2D eigenvalue weighted by atomic mass is 10.1. The average molecular weight is 384 g/mol. The highest BCUT2D eigenvalue weighted by atomic mass is 35.5. The smallest absolute Gasteiger partial charge is 0.207 e. The Bertz CT molecular complexity index is 823. The number of alkyl halides is 3. The molecule has 0 aliphatic carbocycles. The van der Waals surface area contributed by atoms with E-state index in [1.54, 1.807) is 0 Å². The fourth-order valence-corrected chi connectivity index (χ4v) is 3.57. The Kier molecular flexibility index (Phi) is 5.25. The average Bonchev–Trinajstić information content (AvgIpc) is 2.47. The van der Waals surface area contributed by atoms with Gasteiger partial charge in [-0.3, -0.25) is 0 Å². The largest absolute Gasteiger partial charge is 0.416 e. The van der Waals surface area contributed by atoms with Gasteiger partial charge >= 0.3 is 6.18 Å². The fourth-order valence-electron chi connectivity index (χ4n) is 1.80. The first-order valence-corrected chi connectivity index (χ1v) is 8.44. The van der Waals surface area contributed by atoms with Gasteiger partial charge in [-0.15, -0.1) is 0 Å². The Morgan fingerprint density at radius 1 is 1.04 bits per heavy atom. The molecule has 1 N–H and O–H groups in total. The summed E-state index contributed by atoms with van der Waals surface area (Å²) in [6.45, 7) is -0.310. The van der Waals surface area contributed by atoms with Gasteiger partial charge in [0.1, 0.15) is 4.90 Å². The summed E-state index contributed by atoms with van der Waals surface area (Å²) in [4.78, 5) is -0.237. The van der Waals surface area contributed by atoms with Crippen molar-refractivity contribution in [2.45, 2.75) is 17.6 Å². The van der Waals surface area contributed by atoms with Crippen molar-refractivity contribution in [1.29, 1.82) is 0 Å². The molecule has 0 amide bonds. The van der Waals surface area contributed by atoms with Crippen LogP contribution < -0.4 is 4.72 Å². The molecular formula is C14H10Cl2F3NO2S. The van der Waals surface area contributed by atoms with Crippen LogP contribution in [0.4, 0.5) is 13.2 Å². The molecule has 0 fully saturated rings. The van der Waals surface area contributed by atoms with Crippen molar-refractivity contribution in [3.63, 3.8) is 0 Å². The van der Waals surface area contributed by atoms with E-state index in [0.29, 0.717) is 0 Å². The zero-order valence-electron chi connectivity index (χ0n) is 11.4. The minimum absolute atomic E-state index is 0.0362. The molecule has 3 nitrogen and oxygen atoms in total. The molecule has 2 rings (SSSR count). The lowest BCUT2D eigenvalue weighted by Crippen LogP contribution is -2.23. The second kappa shape index (κ2) is 6.68. The molecule has 0 bridgehead atoms. The molecule has 2 aromatic rings. The van der Waals surface area contributed by atoms with Crippen LogP contribution in [0.3, 0.4) is 0 Å². The van der Waals surface area contributed by atoms with Crippen molar-refractivity contribution in [2.75, 3.05) is 0 Å². The molecule has 0 aliphatic rings. The SMILES string of the molecule is O=S(=O)(NCc1cccc(C(F)(F)F)c1)c1cc(Cl)ccc1Cl. The highest BCUT2D eigenvalue weighted by Gasteiger charge is 2.30. The van der Waals surface area contributed by atoms with E-state index in [0.717, 1.165) is 12.1 Å². The minimum atomic E-state index is -4.49. The van der Waals surface area contributed by atoms with Crippen LogP contribution in [-0.2, 0) is 22.7 Å². The summed E-state index contributed by atoms with van der Waals surface area (Å²) in [7, 11) is -4.01. The van der Waals surface area contributed by atoms with Crippen LogP contribution in [0.2, 0.25) is 10.0 Å². The van der Waals surface area contributed by atoms with Crippen LogP contribution in [0.1, 0.15) is 11.1 Å². The number of benzene rings is 2. The molecule has 0 unspecified atom stereocenters. The van der Waals surface area contributed by atoms with Gasteiger partial charge in [-0.2, -0.15) is 13.2 Å². The molecule has 0 spiro atoms. The highest BCUT2D eigenvalue weighted by molar-refractivity contribution is 7.89. The third-order valence-corrected chi connectivity index (χ3v) is 5.02. The van der Waals surface area contributed by atoms with E-state index in [1.807, 2.05) is 0 Å². The van der Waals surface area contributed by atoms with Gasteiger partial charge in [-0.25, -0.2) is 13.1 Å². The normalized spacial score (nSPS) is 12.4. The van der Waals surface area contributed by atoms with Crippen molar-refractivity contribution in [1.82, 2.24) is 4.72 Å². The zero-order chi connectivity index (χ0) is 17.3. The third-order valence-electron chi connectivity index (χ3n) is 2.90. The third kappa shape index (κ3) is 4.60. The number of sulfonamides is 1. The summed E-state index contributed by atoms with van der Waals surface area (Å²) in [6, 6.07) is 8.29. The Morgan fingerprint density at radius 3 is 2.39 bits per heavy atom. The van der Waals surface area contributed by atoms with Crippen molar-refractivity contribution >= 4 is 33.2 Å². The van der Waals surface area contributed by atoms with Gasteiger partial charge in [0.15, 0.2) is 0 Å². The van der Waals surface area contributed by atoms with E-state index < -0.39 is 21.8 Å². The molecule has 0 atom stereocenters. The maximum Gasteiger partial charge on any atom is 0.416 e. The summed E-state index contributed by atoms with van der Waals surface area (Å²) in [6.07, 6.45) is -4.49. The van der Waals surface area contributed by atoms with Gasteiger partial charge < -0.3 is 0 Å². The summed E-state index contributed by atoms with van der Waals surface area (Å²) in [5, 5.41) is 0.139. The monoisotopic (exact) mass is 383 g/mol. The minimum Gasteiger partial charge on any atom is -0.207 e. The second-order valence-corrected chi connectivity index (χ2v) is 7.18. The highest BCUT2D eigenvalue weighted by Crippen LogP contribution is 2.30. The number of halogens is 5. The lowest BCUT2D eigenvalue weighted by molar-refractivity contribution is -0.137. The van der Waals surface area contributed by atoms with Gasteiger partial charge in [0, 0.05) is 11.6 Å². The van der Waals surface area contributed by atoms with Crippen LogP contribution in [0, 0.1) is 0 Å². The van der Waals surface area contributed by atoms with Crippen molar-refractivity contribution < 1.29 is 21.6 Å². The first-order valence-electron chi connectivity index (χ1n) is 6.20. The topological polar surface area (TPSA) is 46.2 Å². The molecule has 0 heterocycles. The van der Waals surface area contributed by atoms with Crippen molar-refractivity contribution in [3.05, 3.63) is 63.6 Å². The van der Waals surface area contributed by atoms with Crippen LogP contribution in [-0.4, -0.2) is 8.42 Å². The van der Waals surface area contributed by atoms with E-state index in [1.165, 1.54) is 30.3 Å². The van der Waals surface area contributed by atoms with Gasteiger partial charge in [-0.1, -0.05) is 41.4 Å². The molecular weight excluding hydrogens is 374 g/mol. The van der Waals surface area contributed by atoms with Gasteiger partial charge in [0.05, 0.1) is 10.6 Å². The quantitative estimate of drug-likeness (QED) is 0.845. The number of rotatable bonds is 4. The van der Waals surface area contributed by atoms with Crippen molar-refractivity contribution in [2.24, 2.45) is 0 Å². The Hall–Kier alpha value is -1.28. The molecule has 124 valence electrons. The zero-order valence-corrected chi connectivity index (χ0v) is 13.7. The first-order chi connectivity index (χ1) is 10.6. The Balaban J connectivity index is 2.22. The van der Waals surface area contributed by atoms with E-state index in [9.17, 15) is 21.6 Å². The maximum absolute atomic E-state index is 12.6. The van der Waals surface area contributed by atoms with Gasteiger partial charge in [0.25, 0.3) is 0 Å². The second-order valence-electron chi connectivity index (χ2n) is 4.60. The van der Waals surface area contributed by atoms with Crippen molar-refractivity contribution in [3.8, 4) is 0 Å². The molecule has 9 heteroatoms. The lowest BCUT2D eigenvalue weighted by Gasteiger charge is -2.11. The summed E-state index contributed by atoms with van der Waals surface area (Å²) in [5.74, 6) is 0. The predicted octanol–water partition coefficient (Wildman–Crippen LogP) is 4.49. The first kappa shape index (κ1) is 18.1. The van der Waals surface area contributed by atoms with E-state index in [-0.39, 0.29) is 27.0 Å². The molecule has 23 heavy (non-hydrogen) atoms. The molecule has 0 radical (unpaired) electrons. The fraction of sp³-hybridized carbons (Fsp3) is 0.143. The summed E-state index contributed by atoms with van der Waals surface area (Å²) < 4.78 is 64.5. The van der Waals surface area contributed by atoms with Crippen LogP contribution in [0.5, 0.6) is 0 Å². The maximum atomic E-state index is 12.6. The van der Waals surface area contributed by atoms with Crippen LogP contribution in [0.25, 0.3) is 0 Å². The molecule has 0 aromatic heterocycles. The summed E-state index contributed by atoms with van der Waals surface area (Å²) in [5.41, 5.74) is -0.684. The summed E-state index contributed by atoms with van der Waals surface area (Å²) >= 11 is 11.6. The number of hydrogen-bond acceptors (Lipinski definition) is 2. The van der Waals surface area contributed by atoms with E-state index in [4.69, 9.17) is 23.2 Å². The van der Waals surface area contributed by atoms with E-state index in [2.05, 4.69) is 4.72 Å². The number of hydrogen-bond donors (Lipinski definition) is 1. The standard InChI is InChI=1S/C14H10Cl2F3NO2S/c15-11-4-5-12(16)13(7-11)23(21,22)20-8-9-2-1-3-10(6-9)14(17,18)19/h1-7,20H,8H2.